The largest absolute Gasteiger partial charge is 0.463 e. The second-order valence-electron chi connectivity index (χ2n) is 7.16. The third-order valence-corrected chi connectivity index (χ3v) is 5.45. The molecule has 26 heavy (non-hydrogen) atoms. The maximum atomic E-state index is 11.4. The van der Waals surface area contributed by atoms with E-state index in [9.17, 15) is 4.79 Å². The van der Waals surface area contributed by atoms with E-state index in [1.807, 2.05) is 18.2 Å². The minimum absolute atomic E-state index is 0.236. The molecule has 4 heteroatoms. The van der Waals surface area contributed by atoms with Crippen molar-refractivity contribution in [1.82, 2.24) is 0 Å². The standard InChI is InChI=1S/C22H21NO3/c1-5-20(24)25-16-10-11-19-15(14-16)12-13-22(26-19)21(2,3)17-8-6-7-9-18(17)23(22)4/h5-14H,1H2,2-4H3. The zero-order chi connectivity index (χ0) is 18.5. The highest BCUT2D eigenvalue weighted by Crippen LogP contribution is 2.54. The molecule has 1 atom stereocenters. The van der Waals surface area contributed by atoms with Crippen molar-refractivity contribution < 1.29 is 14.3 Å². The monoisotopic (exact) mass is 347 g/mol. The van der Waals surface area contributed by atoms with E-state index in [2.05, 4.69) is 56.6 Å². The highest BCUT2D eigenvalue weighted by atomic mass is 16.5. The fraction of sp³-hybridized carbons (Fsp3) is 0.227. The van der Waals surface area contributed by atoms with Gasteiger partial charge in [0.05, 0.1) is 5.41 Å². The molecule has 2 aliphatic heterocycles. The Hall–Kier alpha value is -3.01. The number of hydrogen-bond acceptors (Lipinski definition) is 4. The maximum absolute atomic E-state index is 11.4. The molecule has 2 aromatic carbocycles. The van der Waals surface area contributed by atoms with E-state index in [4.69, 9.17) is 9.47 Å². The van der Waals surface area contributed by atoms with Crippen molar-refractivity contribution in [2.45, 2.75) is 25.0 Å². The van der Waals surface area contributed by atoms with Crippen molar-refractivity contribution in [3.63, 3.8) is 0 Å². The smallest absolute Gasteiger partial charge is 0.335 e. The van der Waals surface area contributed by atoms with Crippen molar-refractivity contribution >= 4 is 17.7 Å². The molecule has 0 saturated heterocycles. The molecule has 4 rings (SSSR count). The number of esters is 1. The van der Waals surface area contributed by atoms with Crippen LogP contribution in [0.25, 0.3) is 6.08 Å². The Morgan fingerprint density at radius 2 is 2.00 bits per heavy atom. The summed E-state index contributed by atoms with van der Waals surface area (Å²) in [6.07, 6.45) is 5.27. The summed E-state index contributed by atoms with van der Waals surface area (Å²) in [6, 6.07) is 13.8. The molecule has 1 spiro atoms. The van der Waals surface area contributed by atoms with Crippen molar-refractivity contribution in [3.05, 3.63) is 72.3 Å². The van der Waals surface area contributed by atoms with E-state index >= 15 is 0 Å². The number of fused-ring (bicyclic) bond motifs is 2. The van der Waals surface area contributed by atoms with Crippen LogP contribution in [0.4, 0.5) is 5.69 Å². The lowest BCUT2D eigenvalue weighted by Crippen LogP contribution is -2.58. The highest BCUT2D eigenvalue weighted by Gasteiger charge is 2.57. The van der Waals surface area contributed by atoms with Crippen molar-refractivity contribution in [1.29, 1.82) is 0 Å². The fourth-order valence-electron chi connectivity index (χ4n) is 3.98. The quantitative estimate of drug-likeness (QED) is 0.461. The summed E-state index contributed by atoms with van der Waals surface area (Å²) in [5, 5.41) is 0. The number of benzene rings is 2. The average molecular weight is 347 g/mol. The van der Waals surface area contributed by atoms with Crippen LogP contribution < -0.4 is 14.4 Å². The number of rotatable bonds is 2. The third kappa shape index (κ3) is 2.11. The Balaban J connectivity index is 1.74. The van der Waals surface area contributed by atoms with Crippen LogP contribution in [0.2, 0.25) is 0 Å². The Morgan fingerprint density at radius 1 is 1.23 bits per heavy atom. The molecule has 4 nitrogen and oxygen atoms in total. The molecule has 2 aromatic rings. The van der Waals surface area contributed by atoms with Crippen LogP contribution in [-0.4, -0.2) is 18.7 Å². The third-order valence-electron chi connectivity index (χ3n) is 5.45. The minimum atomic E-state index is -0.608. The van der Waals surface area contributed by atoms with Gasteiger partial charge >= 0.3 is 5.97 Å². The molecule has 0 bridgehead atoms. The van der Waals surface area contributed by atoms with Gasteiger partial charge in [-0.25, -0.2) is 4.79 Å². The van der Waals surface area contributed by atoms with Crippen LogP contribution in [-0.2, 0) is 10.2 Å². The number of nitrogens with zero attached hydrogens (tertiary/aromatic N) is 1. The summed E-state index contributed by atoms with van der Waals surface area (Å²) >= 11 is 0. The molecule has 2 heterocycles. The molecule has 2 aliphatic rings. The molecule has 0 N–H and O–H groups in total. The molecule has 0 saturated carbocycles. The van der Waals surface area contributed by atoms with Crippen LogP contribution in [0.5, 0.6) is 11.5 Å². The van der Waals surface area contributed by atoms with Crippen molar-refractivity contribution in [3.8, 4) is 11.5 Å². The predicted molar refractivity (Wildman–Crippen MR) is 103 cm³/mol. The number of carbonyl (C=O) groups excluding carboxylic acids is 1. The molecule has 0 aliphatic carbocycles. The maximum Gasteiger partial charge on any atom is 0.335 e. The van der Waals surface area contributed by atoms with E-state index in [-0.39, 0.29) is 5.41 Å². The van der Waals surface area contributed by atoms with E-state index in [0.717, 1.165) is 17.4 Å². The number of ether oxygens (including phenoxy) is 2. The fourth-order valence-corrected chi connectivity index (χ4v) is 3.98. The van der Waals surface area contributed by atoms with Gasteiger partial charge in [-0.3, -0.25) is 0 Å². The van der Waals surface area contributed by atoms with Gasteiger partial charge in [0, 0.05) is 24.4 Å². The first-order valence-corrected chi connectivity index (χ1v) is 8.59. The second-order valence-corrected chi connectivity index (χ2v) is 7.16. The molecule has 0 aromatic heterocycles. The lowest BCUT2D eigenvalue weighted by Gasteiger charge is -2.45. The number of carbonyl (C=O) groups is 1. The van der Waals surface area contributed by atoms with Gasteiger partial charge in [0.1, 0.15) is 11.5 Å². The first kappa shape index (κ1) is 16.5. The molecule has 0 radical (unpaired) electrons. The van der Waals surface area contributed by atoms with Gasteiger partial charge in [0.2, 0.25) is 5.72 Å². The molecular weight excluding hydrogens is 326 g/mol. The van der Waals surface area contributed by atoms with Gasteiger partial charge < -0.3 is 14.4 Å². The lowest BCUT2D eigenvalue weighted by atomic mass is 9.76. The van der Waals surface area contributed by atoms with E-state index in [0.29, 0.717) is 5.75 Å². The molecule has 0 amide bonds. The average Bonchev–Trinajstić information content (AvgIpc) is 2.81. The van der Waals surface area contributed by atoms with Crippen LogP contribution in [0.1, 0.15) is 25.0 Å². The van der Waals surface area contributed by atoms with Crippen LogP contribution >= 0.6 is 0 Å². The Labute approximate surface area is 153 Å². The van der Waals surface area contributed by atoms with Gasteiger partial charge in [-0.1, -0.05) is 24.8 Å². The Bertz CT molecular complexity index is 944. The molecule has 0 fully saturated rings. The summed E-state index contributed by atoms with van der Waals surface area (Å²) in [7, 11) is 2.06. The molecule has 1 unspecified atom stereocenters. The number of para-hydroxylation sites is 1. The van der Waals surface area contributed by atoms with Crippen LogP contribution in [0.3, 0.4) is 0 Å². The number of anilines is 1. The van der Waals surface area contributed by atoms with Gasteiger partial charge in [0.15, 0.2) is 0 Å². The summed E-state index contributed by atoms with van der Waals surface area (Å²) in [6.45, 7) is 7.82. The van der Waals surface area contributed by atoms with E-state index in [1.54, 1.807) is 12.1 Å². The van der Waals surface area contributed by atoms with E-state index in [1.165, 1.54) is 11.3 Å². The van der Waals surface area contributed by atoms with E-state index < -0.39 is 11.7 Å². The summed E-state index contributed by atoms with van der Waals surface area (Å²) in [5.41, 5.74) is 2.46. The summed E-state index contributed by atoms with van der Waals surface area (Å²) in [5.74, 6) is 0.757. The topological polar surface area (TPSA) is 38.8 Å². The Morgan fingerprint density at radius 3 is 2.73 bits per heavy atom. The molecular formula is C22H21NO3. The van der Waals surface area contributed by atoms with Crippen molar-refractivity contribution in [2.24, 2.45) is 0 Å². The predicted octanol–water partition coefficient (Wildman–Crippen LogP) is 4.31. The SMILES string of the molecule is C=CC(=O)Oc1ccc2c(c1)C=CC1(O2)N(C)c2ccccc2C1(C)C. The van der Waals surface area contributed by atoms with Gasteiger partial charge in [-0.2, -0.15) is 0 Å². The van der Waals surface area contributed by atoms with Crippen LogP contribution in [0.15, 0.2) is 61.2 Å². The van der Waals surface area contributed by atoms with Gasteiger partial charge in [-0.15, -0.1) is 0 Å². The lowest BCUT2D eigenvalue weighted by molar-refractivity contribution is -0.128. The first-order chi connectivity index (χ1) is 12.4. The van der Waals surface area contributed by atoms with Gasteiger partial charge in [-0.05, 0) is 55.8 Å². The van der Waals surface area contributed by atoms with Crippen LogP contribution in [0, 0.1) is 0 Å². The minimum Gasteiger partial charge on any atom is -0.463 e. The zero-order valence-electron chi connectivity index (χ0n) is 15.2. The zero-order valence-corrected chi connectivity index (χ0v) is 15.2. The summed E-state index contributed by atoms with van der Waals surface area (Å²) < 4.78 is 11.8. The van der Waals surface area contributed by atoms with Gasteiger partial charge in [0.25, 0.3) is 0 Å². The summed E-state index contributed by atoms with van der Waals surface area (Å²) in [4.78, 5) is 13.6. The number of likely N-dealkylation sites (N-methyl/N-ethyl adjacent to an activating group) is 1. The Kier molecular flexibility index (Phi) is 3.48. The highest BCUT2D eigenvalue weighted by molar-refractivity contribution is 5.83. The first-order valence-electron chi connectivity index (χ1n) is 8.59. The number of hydrogen-bond donors (Lipinski definition) is 0. The van der Waals surface area contributed by atoms with Crippen molar-refractivity contribution in [2.75, 3.05) is 11.9 Å². The normalized spacial score (nSPS) is 21.7. The molecule has 132 valence electrons. The second kappa shape index (κ2) is 5.49.